The fourth-order valence-corrected chi connectivity index (χ4v) is 12.2. The first-order chi connectivity index (χ1) is 24.0. The van der Waals surface area contributed by atoms with Crippen molar-refractivity contribution in [3.63, 3.8) is 0 Å². The van der Waals surface area contributed by atoms with Crippen LogP contribution in [0.15, 0.2) is 169 Å². The van der Waals surface area contributed by atoms with E-state index < -0.39 is 12.8 Å². The Kier molecular flexibility index (Phi) is 9.97. The summed E-state index contributed by atoms with van der Waals surface area (Å²) in [6.07, 6.45) is 0. The van der Waals surface area contributed by atoms with Crippen molar-refractivity contribution in [2.24, 2.45) is 4.99 Å². The second-order valence-corrected chi connectivity index (χ2v) is 16.4. The van der Waals surface area contributed by atoms with Crippen LogP contribution in [0.25, 0.3) is 11.0 Å². The SMILES string of the molecule is O=C(N=C(SCc1ccccc1)C(c1nc2ccccc2[nH]1)=P(c1ccccc1)(c1ccccc1)c1ccccc1)c1ccc(Cl)cc1Cl. The molecule has 0 unspecified atom stereocenters. The molecule has 0 spiro atoms. The lowest BCUT2D eigenvalue weighted by atomic mass is 10.2. The van der Waals surface area contributed by atoms with Crippen LogP contribution in [0.5, 0.6) is 0 Å². The van der Waals surface area contributed by atoms with E-state index in [9.17, 15) is 4.79 Å². The van der Waals surface area contributed by atoms with Gasteiger partial charge in [0.2, 0.25) is 0 Å². The monoisotopic (exact) mass is 713 g/mol. The number of hydrogen-bond donors (Lipinski definition) is 1. The van der Waals surface area contributed by atoms with Crippen molar-refractivity contribution in [1.29, 1.82) is 0 Å². The van der Waals surface area contributed by atoms with Gasteiger partial charge in [0.25, 0.3) is 5.91 Å². The van der Waals surface area contributed by atoms with Crippen LogP contribution in [0.2, 0.25) is 10.0 Å². The zero-order chi connectivity index (χ0) is 33.6. The topological polar surface area (TPSA) is 58.1 Å². The molecule has 1 heterocycles. The lowest BCUT2D eigenvalue weighted by Crippen LogP contribution is -2.34. The van der Waals surface area contributed by atoms with E-state index in [-0.39, 0.29) is 10.6 Å². The van der Waals surface area contributed by atoms with Crippen molar-refractivity contribution in [3.05, 3.63) is 191 Å². The van der Waals surface area contributed by atoms with Crippen LogP contribution >= 0.6 is 41.8 Å². The van der Waals surface area contributed by atoms with Gasteiger partial charge in [-0.2, -0.15) is 0 Å². The summed E-state index contributed by atoms with van der Waals surface area (Å²) in [4.78, 5) is 28.1. The maximum absolute atomic E-state index is 14.3. The number of fused-ring (bicyclic) bond motifs is 1. The van der Waals surface area contributed by atoms with Gasteiger partial charge in [-0.25, -0.2) is 9.98 Å². The molecular formula is C41H30Cl2N3OPS. The average Bonchev–Trinajstić information content (AvgIpc) is 3.58. The highest BCUT2D eigenvalue weighted by Crippen LogP contribution is 2.49. The maximum Gasteiger partial charge on any atom is 0.279 e. The van der Waals surface area contributed by atoms with Crippen LogP contribution in [0.1, 0.15) is 21.7 Å². The molecular weight excluding hydrogens is 684 g/mol. The number of imidazole rings is 1. The second kappa shape index (κ2) is 14.9. The van der Waals surface area contributed by atoms with E-state index in [0.717, 1.165) is 37.8 Å². The van der Waals surface area contributed by atoms with Crippen LogP contribution < -0.4 is 15.9 Å². The van der Waals surface area contributed by atoms with Gasteiger partial charge in [-0.1, -0.05) is 157 Å². The van der Waals surface area contributed by atoms with Crippen LogP contribution in [-0.2, 0) is 5.75 Å². The Morgan fingerprint density at radius 2 is 1.20 bits per heavy atom. The van der Waals surface area contributed by atoms with Crippen molar-refractivity contribution in [1.82, 2.24) is 9.97 Å². The van der Waals surface area contributed by atoms with E-state index in [2.05, 4.69) is 89.9 Å². The third-order valence-electron chi connectivity index (χ3n) is 8.17. The standard InChI is InChI=1S/C41H30Cl2N3OPS/c42-30-25-26-34(35(43)27-30)40(47)46-41(49-28-29-15-5-1-6-16-29)38(39-44-36-23-13-14-24-37(36)45-39)48(31-17-7-2-8-18-31,32-19-9-3-10-20-32)33-21-11-4-12-22-33/h1-27H,28H2,(H,44,45). The van der Waals surface area contributed by atoms with E-state index in [1.165, 1.54) is 11.8 Å². The van der Waals surface area contributed by atoms with Crippen molar-refractivity contribution >= 4 is 85.0 Å². The molecule has 4 nitrogen and oxygen atoms in total. The Bertz CT molecular complexity index is 2190. The molecule has 0 aliphatic heterocycles. The predicted octanol–water partition coefficient (Wildman–Crippen LogP) is 9.56. The lowest BCUT2D eigenvalue weighted by molar-refractivity contribution is 0.100. The summed E-state index contributed by atoms with van der Waals surface area (Å²) in [5.41, 5.74) is 3.09. The number of halogens is 2. The number of hydrogen-bond acceptors (Lipinski definition) is 3. The van der Waals surface area contributed by atoms with Gasteiger partial charge in [0.05, 0.1) is 26.9 Å². The number of benzene rings is 6. The van der Waals surface area contributed by atoms with E-state index in [0.29, 0.717) is 21.6 Å². The molecule has 49 heavy (non-hydrogen) atoms. The summed E-state index contributed by atoms with van der Waals surface area (Å²) in [6, 6.07) is 54.6. The molecule has 0 saturated carbocycles. The van der Waals surface area contributed by atoms with Crippen molar-refractivity contribution in [2.45, 2.75) is 5.75 Å². The molecule has 0 aliphatic carbocycles. The second-order valence-electron chi connectivity index (χ2n) is 11.2. The number of rotatable bonds is 8. The minimum absolute atomic E-state index is 0.245. The number of amides is 1. The fourth-order valence-electron chi connectivity index (χ4n) is 5.95. The highest BCUT2D eigenvalue weighted by Gasteiger charge is 2.35. The van der Waals surface area contributed by atoms with Gasteiger partial charge >= 0.3 is 0 Å². The molecule has 0 radical (unpaired) electrons. The van der Waals surface area contributed by atoms with Gasteiger partial charge in [0, 0.05) is 10.8 Å². The van der Waals surface area contributed by atoms with Gasteiger partial charge < -0.3 is 4.98 Å². The number of carbonyl (C=O) groups excluding carboxylic acids is 1. The van der Waals surface area contributed by atoms with Crippen molar-refractivity contribution in [3.8, 4) is 0 Å². The Morgan fingerprint density at radius 3 is 1.76 bits per heavy atom. The number of H-pyrrole nitrogens is 1. The summed E-state index contributed by atoms with van der Waals surface area (Å²) >= 11 is 14.4. The Labute approximate surface area is 299 Å². The number of aromatic amines is 1. The maximum atomic E-state index is 14.3. The van der Waals surface area contributed by atoms with E-state index in [1.807, 2.05) is 60.7 Å². The predicted molar refractivity (Wildman–Crippen MR) is 211 cm³/mol. The molecule has 0 atom stereocenters. The first kappa shape index (κ1) is 32.9. The quantitative estimate of drug-likeness (QED) is 0.0970. The number of aliphatic imine (C=N–C) groups is 1. The Morgan fingerprint density at radius 1 is 0.673 bits per heavy atom. The molecule has 7 aromatic rings. The lowest BCUT2D eigenvalue weighted by Gasteiger charge is -2.32. The summed E-state index contributed by atoms with van der Waals surface area (Å²) in [5, 5.41) is 5.42. The highest BCUT2D eigenvalue weighted by molar-refractivity contribution is 8.17. The molecule has 0 bridgehead atoms. The smallest absolute Gasteiger partial charge is 0.279 e. The summed E-state index contributed by atoms with van der Waals surface area (Å²) in [6.45, 7) is -2.82. The van der Waals surface area contributed by atoms with E-state index >= 15 is 0 Å². The molecule has 0 fully saturated rings. The molecule has 0 saturated heterocycles. The number of para-hydroxylation sites is 2. The third-order valence-corrected chi connectivity index (χ3v) is 14.2. The average molecular weight is 715 g/mol. The Balaban J connectivity index is 1.65. The minimum atomic E-state index is -2.82. The molecule has 1 N–H and O–H groups in total. The first-order valence-electron chi connectivity index (χ1n) is 15.7. The van der Waals surface area contributed by atoms with Crippen molar-refractivity contribution < 1.29 is 4.79 Å². The van der Waals surface area contributed by atoms with Gasteiger partial charge in [-0.15, -0.1) is 11.8 Å². The van der Waals surface area contributed by atoms with Crippen LogP contribution in [-0.4, -0.2) is 26.2 Å². The molecule has 7 rings (SSSR count). The number of thioether (sulfide) groups is 1. The van der Waals surface area contributed by atoms with E-state index in [1.54, 1.807) is 18.2 Å². The highest BCUT2D eigenvalue weighted by atomic mass is 35.5. The molecule has 0 aliphatic rings. The van der Waals surface area contributed by atoms with E-state index in [4.69, 9.17) is 33.2 Å². The van der Waals surface area contributed by atoms with Gasteiger partial charge in [0.15, 0.2) is 0 Å². The van der Waals surface area contributed by atoms with Gasteiger partial charge in [0.1, 0.15) is 10.9 Å². The van der Waals surface area contributed by atoms with Gasteiger partial charge in [-0.05, 0) is 58.7 Å². The summed E-state index contributed by atoms with van der Waals surface area (Å²) < 4.78 is 0. The fraction of sp³-hybridized carbons (Fsp3) is 0.0244. The minimum Gasteiger partial charge on any atom is -0.338 e. The number of nitrogens with one attached hydrogen (secondary N) is 1. The van der Waals surface area contributed by atoms with Crippen LogP contribution in [0.3, 0.4) is 0 Å². The molecule has 1 amide bonds. The van der Waals surface area contributed by atoms with Crippen molar-refractivity contribution in [2.75, 3.05) is 0 Å². The summed E-state index contributed by atoms with van der Waals surface area (Å²) in [7, 11) is 0. The zero-order valence-corrected chi connectivity index (χ0v) is 29.4. The Hall–Kier alpha value is -4.64. The van der Waals surface area contributed by atoms with Crippen LogP contribution in [0, 0.1) is 0 Å². The molecule has 8 heteroatoms. The van der Waals surface area contributed by atoms with Gasteiger partial charge in [-0.3, -0.25) is 4.79 Å². The molecule has 6 aromatic carbocycles. The molecule has 1 aromatic heterocycles. The normalized spacial score (nSPS) is 11.8. The third kappa shape index (κ3) is 6.81. The van der Waals surface area contributed by atoms with Crippen LogP contribution in [0.4, 0.5) is 0 Å². The summed E-state index contributed by atoms with van der Waals surface area (Å²) in [5.74, 6) is 0.766. The zero-order valence-electron chi connectivity index (χ0n) is 26.2. The number of nitrogens with zero attached hydrogens (tertiary/aromatic N) is 2. The largest absolute Gasteiger partial charge is 0.338 e. The number of aromatic nitrogens is 2. The molecule has 240 valence electrons. The first-order valence-corrected chi connectivity index (χ1v) is 19.2. The number of carbonyl (C=O) groups is 1.